The van der Waals surface area contributed by atoms with Crippen LogP contribution in [0.2, 0.25) is 0 Å². The molecule has 1 aliphatic heterocycles. The zero-order valence-electron chi connectivity index (χ0n) is 7.47. The van der Waals surface area contributed by atoms with Crippen molar-refractivity contribution in [2.24, 2.45) is 0 Å². The number of hydrogen-bond donors (Lipinski definition) is 2. The van der Waals surface area contributed by atoms with Crippen molar-refractivity contribution in [2.45, 2.75) is 44.3 Å². The maximum absolute atomic E-state index is 11.1. The maximum Gasteiger partial charge on any atom is 0.147 e. The second-order valence-electron chi connectivity index (χ2n) is 3.95. The Morgan fingerprint density at radius 1 is 1.33 bits per heavy atom. The maximum atomic E-state index is 11.1. The Morgan fingerprint density at radius 2 is 2.08 bits per heavy atom. The van der Waals surface area contributed by atoms with Crippen molar-refractivity contribution < 1.29 is 4.79 Å². The Hall–Kier alpha value is -0.410. The Balaban J connectivity index is 2.00. The Morgan fingerprint density at radius 3 is 2.83 bits per heavy atom. The third-order valence-corrected chi connectivity index (χ3v) is 2.97. The number of Topliss-reactive ketones (excluding diaryl/α,β-unsaturated/α-hetero) is 1. The molecule has 2 aliphatic rings. The van der Waals surface area contributed by atoms with Gasteiger partial charge in [0.2, 0.25) is 0 Å². The summed E-state index contributed by atoms with van der Waals surface area (Å²) in [6.45, 7) is 2.48. The van der Waals surface area contributed by atoms with Crippen LogP contribution in [0.25, 0.3) is 0 Å². The van der Waals surface area contributed by atoms with Crippen LogP contribution in [0, 0.1) is 0 Å². The largest absolute Gasteiger partial charge is 0.312 e. The zero-order chi connectivity index (χ0) is 8.55. The van der Waals surface area contributed by atoms with Gasteiger partial charge in [-0.1, -0.05) is 0 Å². The minimum atomic E-state index is 0.0558. The molecule has 2 bridgehead atoms. The second kappa shape index (κ2) is 3.15. The lowest BCUT2D eigenvalue weighted by molar-refractivity contribution is -0.119. The first kappa shape index (κ1) is 8.20. The Bertz CT molecular complexity index is 193. The molecule has 1 heterocycles. The Labute approximate surface area is 72.9 Å². The van der Waals surface area contributed by atoms with Gasteiger partial charge in [-0.05, 0) is 26.2 Å². The number of hydrogen-bond acceptors (Lipinski definition) is 3. The molecule has 0 aromatic rings. The first-order chi connectivity index (χ1) is 5.75. The van der Waals surface area contributed by atoms with E-state index in [-0.39, 0.29) is 11.8 Å². The molecule has 3 heteroatoms. The zero-order valence-corrected chi connectivity index (χ0v) is 7.47. The van der Waals surface area contributed by atoms with E-state index in [1.165, 1.54) is 19.3 Å². The van der Waals surface area contributed by atoms with Gasteiger partial charge in [0, 0.05) is 18.6 Å². The predicted octanol–water partition coefficient (Wildman–Crippen LogP) is 0.0579. The minimum absolute atomic E-state index is 0.0558. The van der Waals surface area contributed by atoms with Crippen LogP contribution in [0.4, 0.5) is 0 Å². The number of rotatable bonds is 1. The molecule has 3 nitrogen and oxygen atoms in total. The molecule has 0 aromatic heterocycles. The third-order valence-electron chi connectivity index (χ3n) is 2.97. The van der Waals surface area contributed by atoms with Gasteiger partial charge in [-0.15, -0.1) is 0 Å². The van der Waals surface area contributed by atoms with Crippen LogP contribution in [-0.4, -0.2) is 30.5 Å². The summed E-state index contributed by atoms with van der Waals surface area (Å²) in [5, 5.41) is 6.82. The number of nitrogens with one attached hydrogen (secondary N) is 2. The molecule has 2 fully saturated rings. The second-order valence-corrected chi connectivity index (χ2v) is 3.95. The quantitative estimate of drug-likeness (QED) is 0.581. The monoisotopic (exact) mass is 168 g/mol. The number of carbonyl (C=O) groups excluding carboxylic acids is 1. The summed E-state index contributed by atoms with van der Waals surface area (Å²) in [7, 11) is 0. The lowest BCUT2D eigenvalue weighted by Crippen LogP contribution is -2.46. The number of ketones is 1. The van der Waals surface area contributed by atoms with Crippen LogP contribution < -0.4 is 10.6 Å². The average Bonchev–Trinajstić information content (AvgIpc) is 2.29. The summed E-state index contributed by atoms with van der Waals surface area (Å²) in [6, 6.07) is 1.30. The number of carbonyl (C=O) groups is 1. The summed E-state index contributed by atoms with van der Waals surface area (Å²) in [4.78, 5) is 11.1. The summed E-state index contributed by atoms with van der Waals surface area (Å²) < 4.78 is 0. The van der Waals surface area contributed by atoms with Gasteiger partial charge in [-0.3, -0.25) is 4.79 Å². The van der Waals surface area contributed by atoms with E-state index in [4.69, 9.17) is 0 Å². The van der Waals surface area contributed by atoms with Gasteiger partial charge < -0.3 is 10.6 Å². The fraction of sp³-hybridized carbons (Fsp3) is 0.889. The van der Waals surface area contributed by atoms with Gasteiger partial charge in [-0.25, -0.2) is 0 Å². The highest BCUT2D eigenvalue weighted by Crippen LogP contribution is 2.21. The average molecular weight is 168 g/mol. The summed E-state index contributed by atoms with van der Waals surface area (Å²) in [5.74, 6) is 0.259. The van der Waals surface area contributed by atoms with Crippen LogP contribution in [0.3, 0.4) is 0 Å². The molecule has 12 heavy (non-hydrogen) atoms. The van der Waals surface area contributed by atoms with Gasteiger partial charge in [0.25, 0.3) is 0 Å². The third kappa shape index (κ3) is 1.52. The van der Waals surface area contributed by atoms with Crippen molar-refractivity contribution in [1.29, 1.82) is 0 Å². The van der Waals surface area contributed by atoms with Crippen molar-refractivity contribution in [3.05, 3.63) is 0 Å². The topological polar surface area (TPSA) is 41.1 Å². The SMILES string of the molecule is CC(=O)C1CNC2CCC(C2)N1. The van der Waals surface area contributed by atoms with E-state index >= 15 is 0 Å². The summed E-state index contributed by atoms with van der Waals surface area (Å²) >= 11 is 0. The molecule has 2 N–H and O–H groups in total. The summed E-state index contributed by atoms with van der Waals surface area (Å²) in [6.07, 6.45) is 3.69. The molecule has 2 rings (SSSR count). The standard InChI is InChI=1S/C9H16N2O/c1-6(12)9-5-10-7-2-3-8(4-7)11-9/h7-11H,2-5H2,1H3. The van der Waals surface area contributed by atoms with Crippen LogP contribution in [0.15, 0.2) is 0 Å². The van der Waals surface area contributed by atoms with E-state index in [0.29, 0.717) is 12.1 Å². The first-order valence-electron chi connectivity index (χ1n) is 4.75. The molecule has 0 radical (unpaired) electrons. The van der Waals surface area contributed by atoms with Crippen molar-refractivity contribution in [3.63, 3.8) is 0 Å². The molecule has 68 valence electrons. The van der Waals surface area contributed by atoms with Crippen molar-refractivity contribution in [1.82, 2.24) is 10.6 Å². The highest BCUT2D eigenvalue weighted by molar-refractivity contribution is 5.81. The lowest BCUT2D eigenvalue weighted by atomic mass is 10.1. The van der Waals surface area contributed by atoms with E-state index < -0.39 is 0 Å². The smallest absolute Gasteiger partial charge is 0.147 e. The summed E-state index contributed by atoms with van der Waals surface area (Å²) in [5.41, 5.74) is 0. The highest BCUT2D eigenvalue weighted by Gasteiger charge is 2.31. The molecule has 3 atom stereocenters. The molecule has 0 spiro atoms. The van der Waals surface area contributed by atoms with Crippen LogP contribution in [0.5, 0.6) is 0 Å². The van der Waals surface area contributed by atoms with Crippen molar-refractivity contribution in [3.8, 4) is 0 Å². The fourth-order valence-electron chi connectivity index (χ4n) is 2.21. The van der Waals surface area contributed by atoms with E-state index in [2.05, 4.69) is 10.6 Å². The van der Waals surface area contributed by atoms with E-state index in [1.807, 2.05) is 0 Å². The van der Waals surface area contributed by atoms with Crippen LogP contribution in [-0.2, 0) is 4.79 Å². The molecule has 1 saturated carbocycles. The molecular formula is C9H16N2O. The Kier molecular flexibility index (Phi) is 2.15. The number of fused-ring (bicyclic) bond motifs is 2. The van der Waals surface area contributed by atoms with E-state index in [9.17, 15) is 4.79 Å². The molecule has 0 aromatic carbocycles. The van der Waals surface area contributed by atoms with Crippen molar-refractivity contribution >= 4 is 5.78 Å². The first-order valence-corrected chi connectivity index (χ1v) is 4.75. The van der Waals surface area contributed by atoms with E-state index in [1.54, 1.807) is 6.92 Å². The fourth-order valence-corrected chi connectivity index (χ4v) is 2.21. The van der Waals surface area contributed by atoms with Crippen molar-refractivity contribution in [2.75, 3.05) is 6.54 Å². The highest BCUT2D eigenvalue weighted by atomic mass is 16.1. The van der Waals surface area contributed by atoms with Gasteiger partial charge >= 0.3 is 0 Å². The molecule has 1 saturated heterocycles. The normalized spacial score (nSPS) is 40.9. The minimum Gasteiger partial charge on any atom is -0.312 e. The van der Waals surface area contributed by atoms with Gasteiger partial charge in [0.15, 0.2) is 0 Å². The van der Waals surface area contributed by atoms with Crippen LogP contribution >= 0.6 is 0 Å². The molecule has 1 aliphatic carbocycles. The van der Waals surface area contributed by atoms with Gasteiger partial charge in [0.05, 0.1) is 6.04 Å². The molecule has 3 unspecified atom stereocenters. The van der Waals surface area contributed by atoms with Gasteiger partial charge in [0.1, 0.15) is 5.78 Å². The molecular weight excluding hydrogens is 152 g/mol. The van der Waals surface area contributed by atoms with Crippen LogP contribution in [0.1, 0.15) is 26.2 Å². The predicted molar refractivity (Wildman–Crippen MR) is 47.0 cm³/mol. The lowest BCUT2D eigenvalue weighted by Gasteiger charge is -2.19. The van der Waals surface area contributed by atoms with E-state index in [0.717, 1.165) is 6.54 Å². The van der Waals surface area contributed by atoms with Gasteiger partial charge in [-0.2, -0.15) is 0 Å². The molecule has 0 amide bonds.